The Morgan fingerprint density at radius 3 is 2.63 bits per heavy atom. The van der Waals surface area contributed by atoms with Crippen molar-refractivity contribution >= 4 is 22.6 Å². The first-order chi connectivity index (χ1) is 13.0. The summed E-state index contributed by atoms with van der Waals surface area (Å²) in [4.78, 5) is 38.2. The Labute approximate surface area is 155 Å². The van der Waals surface area contributed by atoms with E-state index in [1.165, 1.54) is 0 Å². The van der Waals surface area contributed by atoms with Crippen LogP contribution in [0.4, 0.5) is 0 Å². The summed E-state index contributed by atoms with van der Waals surface area (Å²) in [5, 5.41) is 7.04. The van der Waals surface area contributed by atoms with E-state index in [1.54, 1.807) is 12.3 Å². The molecule has 2 aromatic carbocycles. The molecule has 4 rings (SSSR count). The monoisotopic (exact) mass is 359 g/mol. The minimum Gasteiger partial charge on any atom is -0.349 e. The Morgan fingerprint density at radius 2 is 1.89 bits per heavy atom. The molecule has 1 aliphatic carbocycles. The normalized spacial score (nSPS) is 13.4. The van der Waals surface area contributed by atoms with Gasteiger partial charge in [0.25, 0.3) is 5.91 Å². The van der Waals surface area contributed by atoms with Gasteiger partial charge in [-0.1, -0.05) is 18.2 Å². The third-order valence-electron chi connectivity index (χ3n) is 4.75. The van der Waals surface area contributed by atoms with Gasteiger partial charge in [-0.15, -0.1) is 4.91 Å². The summed E-state index contributed by atoms with van der Waals surface area (Å²) >= 11 is 0. The number of hydrogen-bond donors (Lipinski definition) is 1. The summed E-state index contributed by atoms with van der Waals surface area (Å²) in [5.74, 6) is -0.933. The highest BCUT2D eigenvalue weighted by Gasteiger charge is 2.24. The van der Waals surface area contributed by atoms with Gasteiger partial charge < -0.3 is 5.32 Å². The van der Waals surface area contributed by atoms with Crippen molar-refractivity contribution in [1.82, 2.24) is 10.3 Å². The second-order valence-electron chi connectivity index (χ2n) is 6.81. The van der Waals surface area contributed by atoms with Crippen LogP contribution in [0, 0.1) is 11.8 Å². The number of nitroso groups, excluding NO2 is 1. The molecule has 0 saturated heterocycles. The number of fused-ring (bicyclic) bond motifs is 1. The molecule has 0 unspecified atom stereocenters. The maximum atomic E-state index is 12.3. The molecule has 27 heavy (non-hydrogen) atoms. The van der Waals surface area contributed by atoms with Crippen LogP contribution in [-0.2, 0) is 0 Å². The fourth-order valence-corrected chi connectivity index (χ4v) is 3.04. The van der Waals surface area contributed by atoms with Crippen molar-refractivity contribution in [1.29, 1.82) is 0 Å². The molecule has 1 N–H and O–H groups in total. The van der Waals surface area contributed by atoms with E-state index in [0.29, 0.717) is 11.6 Å². The Balaban J connectivity index is 1.71. The SMILES string of the molecule is Cc1ccc(C(=O)NC2CC2)cc1-c1ccc2cc(C(=O)N=O)ncc2c1. The summed E-state index contributed by atoms with van der Waals surface area (Å²) in [6, 6.07) is 13.3. The minimum absolute atomic E-state index is 0.0279. The fourth-order valence-electron chi connectivity index (χ4n) is 3.04. The molecule has 6 heteroatoms. The first kappa shape index (κ1) is 17.0. The van der Waals surface area contributed by atoms with Gasteiger partial charge in [0.15, 0.2) is 0 Å². The van der Waals surface area contributed by atoms with E-state index in [0.717, 1.165) is 40.3 Å². The van der Waals surface area contributed by atoms with Gasteiger partial charge in [0.05, 0.1) is 0 Å². The van der Waals surface area contributed by atoms with E-state index in [9.17, 15) is 14.5 Å². The van der Waals surface area contributed by atoms with Gasteiger partial charge in [-0.2, -0.15) is 0 Å². The average Bonchev–Trinajstić information content (AvgIpc) is 3.50. The minimum atomic E-state index is -0.883. The Morgan fingerprint density at radius 1 is 1.07 bits per heavy atom. The lowest BCUT2D eigenvalue weighted by Crippen LogP contribution is -2.25. The fraction of sp³-hybridized carbons (Fsp3) is 0.190. The lowest BCUT2D eigenvalue weighted by molar-refractivity contribution is 0.0949. The van der Waals surface area contributed by atoms with Crippen LogP contribution in [0.3, 0.4) is 0 Å². The predicted octanol–water partition coefficient (Wildman–Crippen LogP) is 4.01. The van der Waals surface area contributed by atoms with Crippen molar-refractivity contribution in [3.63, 3.8) is 0 Å². The Hall–Kier alpha value is -3.41. The molecule has 3 aromatic rings. The van der Waals surface area contributed by atoms with Gasteiger partial charge in [0.1, 0.15) is 5.69 Å². The molecule has 1 saturated carbocycles. The van der Waals surface area contributed by atoms with Crippen molar-refractivity contribution in [3.8, 4) is 11.1 Å². The lowest BCUT2D eigenvalue weighted by Gasteiger charge is -2.11. The summed E-state index contributed by atoms with van der Waals surface area (Å²) in [7, 11) is 0. The third-order valence-corrected chi connectivity index (χ3v) is 4.75. The lowest BCUT2D eigenvalue weighted by atomic mass is 9.96. The first-order valence-corrected chi connectivity index (χ1v) is 8.74. The van der Waals surface area contributed by atoms with Crippen molar-refractivity contribution in [2.75, 3.05) is 0 Å². The standard InChI is InChI=1S/C21H17N3O3/c1-12-2-3-15(20(25)23-17-6-7-17)9-18(12)14-5-4-13-10-19(21(26)24-27)22-11-16(13)8-14/h2-5,8-11,17H,6-7H2,1H3,(H,23,25). The molecule has 1 heterocycles. The average molecular weight is 359 g/mol. The van der Waals surface area contributed by atoms with Crippen molar-refractivity contribution < 1.29 is 9.59 Å². The van der Waals surface area contributed by atoms with Crippen molar-refractivity contribution in [2.45, 2.75) is 25.8 Å². The summed E-state index contributed by atoms with van der Waals surface area (Å²) < 4.78 is 0. The molecule has 6 nitrogen and oxygen atoms in total. The van der Waals surface area contributed by atoms with Crippen molar-refractivity contribution in [2.24, 2.45) is 5.18 Å². The number of nitrogens with one attached hydrogen (secondary N) is 1. The quantitative estimate of drug-likeness (QED) is 0.713. The summed E-state index contributed by atoms with van der Waals surface area (Å²) in [6.45, 7) is 2.00. The summed E-state index contributed by atoms with van der Waals surface area (Å²) in [5.41, 5.74) is 3.65. The number of pyridine rings is 1. The molecule has 0 bridgehead atoms. The van der Waals surface area contributed by atoms with Crippen LogP contribution in [0.1, 0.15) is 39.3 Å². The van der Waals surface area contributed by atoms with Gasteiger partial charge in [-0.3, -0.25) is 14.6 Å². The largest absolute Gasteiger partial charge is 0.349 e. The van der Waals surface area contributed by atoms with E-state index in [1.807, 2.05) is 43.3 Å². The summed E-state index contributed by atoms with van der Waals surface area (Å²) in [6.07, 6.45) is 3.65. The molecule has 1 fully saturated rings. The number of carbonyl (C=O) groups excluding carboxylic acids is 2. The molecule has 1 aliphatic rings. The number of hydrogen-bond acceptors (Lipinski definition) is 4. The number of amides is 2. The van der Waals surface area contributed by atoms with E-state index >= 15 is 0 Å². The van der Waals surface area contributed by atoms with Crippen LogP contribution in [0.25, 0.3) is 21.9 Å². The van der Waals surface area contributed by atoms with Gasteiger partial charge in [-0.05, 0) is 66.1 Å². The van der Waals surface area contributed by atoms with Crippen LogP contribution < -0.4 is 5.32 Å². The molecule has 0 atom stereocenters. The molecular formula is C21H17N3O3. The molecule has 2 amide bonds. The molecule has 0 spiro atoms. The molecule has 1 aromatic heterocycles. The smallest absolute Gasteiger partial charge is 0.335 e. The van der Waals surface area contributed by atoms with Crippen LogP contribution in [0.2, 0.25) is 0 Å². The van der Waals surface area contributed by atoms with Gasteiger partial charge in [-0.25, -0.2) is 0 Å². The number of nitrogens with zero attached hydrogens (tertiary/aromatic N) is 2. The second kappa shape index (κ2) is 6.72. The number of aryl methyl sites for hydroxylation is 1. The zero-order valence-corrected chi connectivity index (χ0v) is 14.7. The zero-order chi connectivity index (χ0) is 19.0. The van der Waals surface area contributed by atoms with E-state index in [-0.39, 0.29) is 11.6 Å². The maximum absolute atomic E-state index is 12.3. The predicted molar refractivity (Wildman–Crippen MR) is 103 cm³/mol. The topological polar surface area (TPSA) is 88.5 Å². The molecule has 0 aliphatic heterocycles. The molecular weight excluding hydrogens is 342 g/mol. The number of aromatic nitrogens is 1. The highest BCUT2D eigenvalue weighted by molar-refractivity contribution is 5.98. The highest BCUT2D eigenvalue weighted by atomic mass is 16.3. The third kappa shape index (κ3) is 3.46. The highest BCUT2D eigenvalue weighted by Crippen LogP contribution is 2.28. The number of benzene rings is 2. The number of rotatable bonds is 4. The van der Waals surface area contributed by atoms with Gasteiger partial charge in [0.2, 0.25) is 0 Å². The first-order valence-electron chi connectivity index (χ1n) is 8.74. The van der Waals surface area contributed by atoms with E-state index in [4.69, 9.17) is 0 Å². The van der Waals surface area contributed by atoms with Crippen LogP contribution in [0.15, 0.2) is 53.8 Å². The Bertz CT molecular complexity index is 1090. The Kier molecular flexibility index (Phi) is 4.24. The van der Waals surface area contributed by atoms with Crippen LogP contribution >= 0.6 is 0 Å². The van der Waals surface area contributed by atoms with Gasteiger partial charge in [0, 0.05) is 28.4 Å². The van der Waals surface area contributed by atoms with Gasteiger partial charge >= 0.3 is 5.91 Å². The van der Waals surface area contributed by atoms with Crippen LogP contribution in [-0.4, -0.2) is 22.8 Å². The van der Waals surface area contributed by atoms with Crippen molar-refractivity contribution in [3.05, 3.63) is 70.4 Å². The number of carbonyl (C=O) groups is 2. The van der Waals surface area contributed by atoms with E-state index < -0.39 is 5.91 Å². The van der Waals surface area contributed by atoms with E-state index in [2.05, 4.69) is 15.5 Å². The zero-order valence-electron chi connectivity index (χ0n) is 14.7. The van der Waals surface area contributed by atoms with Crippen LogP contribution in [0.5, 0.6) is 0 Å². The molecule has 134 valence electrons. The molecule has 0 radical (unpaired) electrons. The second-order valence-corrected chi connectivity index (χ2v) is 6.81. The maximum Gasteiger partial charge on any atom is 0.335 e.